The van der Waals surface area contributed by atoms with Gasteiger partial charge in [0.2, 0.25) is 0 Å². The summed E-state index contributed by atoms with van der Waals surface area (Å²) in [5.74, 6) is -0.485. The lowest BCUT2D eigenvalue weighted by atomic mass is 10.2. The van der Waals surface area contributed by atoms with Crippen molar-refractivity contribution in [2.45, 2.75) is 11.4 Å². The third-order valence-corrected chi connectivity index (χ3v) is 6.82. The predicted molar refractivity (Wildman–Crippen MR) is 109 cm³/mol. The summed E-state index contributed by atoms with van der Waals surface area (Å²) < 4.78 is 26.3. The molecule has 9 nitrogen and oxygen atoms in total. The van der Waals surface area contributed by atoms with E-state index in [2.05, 4.69) is 15.6 Å². The molecule has 148 valence electrons. The van der Waals surface area contributed by atoms with Crippen LogP contribution in [0.25, 0.3) is 0 Å². The zero-order valence-corrected chi connectivity index (χ0v) is 16.5. The topological polar surface area (TPSA) is 134 Å². The Kier molecular flexibility index (Phi) is 4.68. The van der Waals surface area contributed by atoms with E-state index in [0.717, 1.165) is 11.3 Å². The van der Waals surface area contributed by atoms with Crippen LogP contribution in [0.2, 0.25) is 0 Å². The number of benzene rings is 2. The Morgan fingerprint density at radius 3 is 2.69 bits per heavy atom. The van der Waals surface area contributed by atoms with Gasteiger partial charge in [0.15, 0.2) is 0 Å². The summed E-state index contributed by atoms with van der Waals surface area (Å²) in [4.78, 5) is 28.9. The van der Waals surface area contributed by atoms with E-state index in [1.165, 1.54) is 17.5 Å². The second kappa shape index (κ2) is 7.18. The Labute approximate surface area is 170 Å². The van der Waals surface area contributed by atoms with Crippen molar-refractivity contribution in [2.75, 3.05) is 16.4 Å². The lowest BCUT2D eigenvalue weighted by Crippen LogP contribution is -2.43. The smallest absolute Gasteiger partial charge is 0.336 e. The number of nitrogens with one attached hydrogen (secondary N) is 2. The maximum Gasteiger partial charge on any atom is 0.336 e. The Bertz CT molecular complexity index is 1220. The van der Waals surface area contributed by atoms with Gasteiger partial charge in [-0.05, 0) is 24.3 Å². The van der Waals surface area contributed by atoms with Gasteiger partial charge in [0.1, 0.15) is 15.6 Å². The Hall–Kier alpha value is -3.44. The summed E-state index contributed by atoms with van der Waals surface area (Å²) in [7, 11) is -4.02. The van der Waals surface area contributed by atoms with E-state index in [4.69, 9.17) is 5.73 Å². The molecule has 2 aromatic carbocycles. The van der Waals surface area contributed by atoms with Crippen molar-refractivity contribution >= 4 is 50.4 Å². The standard InChI is InChI=1S/C18H15N5O4S2/c19-11-5-1-2-6-12(11)21-17(24)14-10-28-16(20-14)9-23-18(25)22-13-7-3-4-8-15(13)29(23,26)27/h1-8,10H,9,19H2,(H,21,24)(H,22,25). The molecule has 1 aromatic heterocycles. The largest absolute Gasteiger partial charge is 0.397 e. The van der Waals surface area contributed by atoms with Gasteiger partial charge >= 0.3 is 6.03 Å². The van der Waals surface area contributed by atoms with Crippen LogP contribution in [0.4, 0.5) is 21.9 Å². The fraction of sp³-hybridized carbons (Fsp3) is 0.0556. The number of nitrogen functional groups attached to an aromatic ring is 1. The summed E-state index contributed by atoms with van der Waals surface area (Å²) in [6.45, 7) is -0.284. The molecule has 0 atom stereocenters. The first-order chi connectivity index (χ1) is 13.9. The first-order valence-electron chi connectivity index (χ1n) is 8.39. The number of amides is 3. The number of anilines is 3. The molecule has 0 fully saturated rings. The fourth-order valence-electron chi connectivity index (χ4n) is 2.76. The molecule has 0 unspecified atom stereocenters. The molecule has 3 aromatic rings. The van der Waals surface area contributed by atoms with Crippen molar-refractivity contribution in [1.29, 1.82) is 0 Å². The van der Waals surface area contributed by atoms with Gasteiger partial charge in [-0.15, -0.1) is 11.3 Å². The summed E-state index contributed by atoms with van der Waals surface area (Å²) in [6.07, 6.45) is 0. The van der Waals surface area contributed by atoms with Gasteiger partial charge in [0.25, 0.3) is 15.9 Å². The van der Waals surface area contributed by atoms with Gasteiger partial charge in [-0.25, -0.2) is 22.5 Å². The summed E-state index contributed by atoms with van der Waals surface area (Å²) in [6, 6.07) is 12.2. The molecule has 0 saturated heterocycles. The molecule has 0 aliphatic carbocycles. The van der Waals surface area contributed by atoms with Crippen LogP contribution in [0, 0.1) is 0 Å². The highest BCUT2D eigenvalue weighted by Gasteiger charge is 2.37. The average molecular weight is 429 g/mol. The van der Waals surface area contributed by atoms with E-state index < -0.39 is 22.0 Å². The number of sulfonamides is 1. The molecule has 4 rings (SSSR count). The lowest BCUT2D eigenvalue weighted by Gasteiger charge is -2.27. The summed E-state index contributed by atoms with van der Waals surface area (Å²) in [5, 5.41) is 6.99. The van der Waals surface area contributed by atoms with Crippen LogP contribution < -0.4 is 16.4 Å². The van der Waals surface area contributed by atoms with E-state index >= 15 is 0 Å². The number of rotatable bonds is 4. The second-order valence-electron chi connectivity index (χ2n) is 6.11. The SMILES string of the molecule is Nc1ccccc1NC(=O)c1csc(CN2C(=O)Nc3ccccc3S2(=O)=O)n1. The number of hydrogen-bond donors (Lipinski definition) is 3. The molecule has 0 saturated carbocycles. The quantitative estimate of drug-likeness (QED) is 0.546. The average Bonchev–Trinajstić information content (AvgIpc) is 3.16. The molecule has 2 heterocycles. The molecule has 3 amide bonds. The van der Waals surface area contributed by atoms with E-state index in [0.29, 0.717) is 20.7 Å². The number of carbonyl (C=O) groups is 2. The minimum atomic E-state index is -4.02. The van der Waals surface area contributed by atoms with Crippen LogP contribution in [0.15, 0.2) is 58.8 Å². The van der Waals surface area contributed by atoms with E-state index in [1.807, 2.05) is 0 Å². The number of para-hydroxylation sites is 3. The molecule has 0 spiro atoms. The predicted octanol–water partition coefficient (Wildman–Crippen LogP) is 2.71. The lowest BCUT2D eigenvalue weighted by molar-refractivity contribution is 0.102. The zero-order valence-electron chi connectivity index (χ0n) is 14.8. The minimum absolute atomic E-state index is 0.00803. The molecule has 1 aliphatic rings. The molecule has 1 aliphatic heterocycles. The molecular formula is C18H15N5O4S2. The van der Waals surface area contributed by atoms with E-state index in [1.54, 1.807) is 36.4 Å². The monoisotopic (exact) mass is 429 g/mol. The highest BCUT2D eigenvalue weighted by molar-refractivity contribution is 7.90. The number of carbonyl (C=O) groups excluding carboxylic acids is 2. The van der Waals surface area contributed by atoms with Gasteiger partial charge in [-0.1, -0.05) is 24.3 Å². The Morgan fingerprint density at radius 1 is 1.17 bits per heavy atom. The highest BCUT2D eigenvalue weighted by Crippen LogP contribution is 2.31. The summed E-state index contributed by atoms with van der Waals surface area (Å²) >= 11 is 1.08. The maximum absolute atomic E-state index is 12.8. The van der Waals surface area contributed by atoms with Crippen molar-refractivity contribution < 1.29 is 18.0 Å². The Morgan fingerprint density at radius 2 is 1.90 bits per heavy atom. The van der Waals surface area contributed by atoms with Gasteiger partial charge in [-0.2, -0.15) is 0 Å². The van der Waals surface area contributed by atoms with Crippen LogP contribution in [0.1, 0.15) is 15.5 Å². The fourth-order valence-corrected chi connectivity index (χ4v) is 5.05. The molecule has 4 N–H and O–H groups in total. The number of hydrogen-bond acceptors (Lipinski definition) is 7. The van der Waals surface area contributed by atoms with E-state index in [9.17, 15) is 18.0 Å². The zero-order chi connectivity index (χ0) is 20.6. The third-order valence-electron chi connectivity index (χ3n) is 4.20. The van der Waals surface area contributed by atoms with Crippen LogP contribution in [0.5, 0.6) is 0 Å². The minimum Gasteiger partial charge on any atom is -0.397 e. The van der Waals surface area contributed by atoms with Crippen molar-refractivity contribution in [2.24, 2.45) is 0 Å². The number of nitrogens with zero attached hydrogens (tertiary/aromatic N) is 2. The highest BCUT2D eigenvalue weighted by atomic mass is 32.2. The van der Waals surface area contributed by atoms with Crippen LogP contribution in [0.3, 0.4) is 0 Å². The van der Waals surface area contributed by atoms with Gasteiger partial charge in [0.05, 0.1) is 23.6 Å². The number of urea groups is 1. The second-order valence-corrected chi connectivity index (χ2v) is 8.88. The first-order valence-corrected chi connectivity index (χ1v) is 10.7. The summed E-state index contributed by atoms with van der Waals surface area (Å²) in [5.41, 5.74) is 6.99. The molecule has 0 bridgehead atoms. The van der Waals surface area contributed by atoms with Crippen LogP contribution >= 0.6 is 11.3 Å². The number of nitrogens with two attached hydrogens (primary N) is 1. The van der Waals surface area contributed by atoms with Crippen molar-refractivity contribution in [3.8, 4) is 0 Å². The van der Waals surface area contributed by atoms with Crippen molar-refractivity contribution in [3.63, 3.8) is 0 Å². The molecule has 29 heavy (non-hydrogen) atoms. The van der Waals surface area contributed by atoms with Crippen molar-refractivity contribution in [1.82, 2.24) is 9.29 Å². The molecular weight excluding hydrogens is 414 g/mol. The molecule has 11 heteroatoms. The normalized spacial score (nSPS) is 14.8. The van der Waals surface area contributed by atoms with Gasteiger partial charge in [0, 0.05) is 5.38 Å². The van der Waals surface area contributed by atoms with Gasteiger partial charge < -0.3 is 16.4 Å². The van der Waals surface area contributed by atoms with Gasteiger partial charge in [-0.3, -0.25) is 4.79 Å². The maximum atomic E-state index is 12.8. The van der Waals surface area contributed by atoms with Crippen molar-refractivity contribution in [3.05, 3.63) is 64.6 Å². The first kappa shape index (κ1) is 18.9. The number of fused-ring (bicyclic) bond motifs is 1. The molecule has 0 radical (unpaired) electrons. The van der Waals surface area contributed by atoms with Crippen LogP contribution in [-0.4, -0.2) is 29.6 Å². The van der Waals surface area contributed by atoms with E-state index in [-0.39, 0.29) is 22.8 Å². The third kappa shape index (κ3) is 3.52. The number of thiazole rings is 1. The Balaban J connectivity index is 1.54. The van der Waals surface area contributed by atoms with Crippen LogP contribution in [-0.2, 0) is 16.6 Å². The number of aromatic nitrogens is 1.